The molecule has 1 unspecified atom stereocenters. The molecule has 1 atom stereocenters. The molecule has 0 heterocycles. The topological polar surface area (TPSA) is 93.8 Å². The number of nitrogens with zero attached hydrogens (tertiary/aromatic N) is 2. The molecule has 2 N–H and O–H groups in total. The number of aliphatic hydroxyl groups excluding tert-OH is 2. The van der Waals surface area contributed by atoms with E-state index >= 15 is 0 Å². The van der Waals surface area contributed by atoms with E-state index in [0.717, 1.165) is 5.69 Å². The van der Waals surface area contributed by atoms with Gasteiger partial charge in [-0.3, -0.25) is 0 Å². The van der Waals surface area contributed by atoms with Crippen molar-refractivity contribution in [1.82, 2.24) is 0 Å². The number of benzene rings is 1. The summed E-state index contributed by atoms with van der Waals surface area (Å²) in [5.41, 5.74) is 1.52. The molecule has 6 heteroatoms. The first-order valence-electron chi connectivity index (χ1n) is 7.33. The Balaban J connectivity index is 0.00000232. The summed E-state index contributed by atoms with van der Waals surface area (Å²) in [6.45, 7) is 3.14. The molecule has 0 spiro atoms. The van der Waals surface area contributed by atoms with Crippen LogP contribution in [0.5, 0.6) is 0 Å². The summed E-state index contributed by atoms with van der Waals surface area (Å²) < 4.78 is 4.73. The fourth-order valence-electron chi connectivity index (χ4n) is 1.47. The number of nitriles is 1. The summed E-state index contributed by atoms with van der Waals surface area (Å²) in [6, 6.07) is 9.05. The largest absolute Gasteiger partial charge is 0.459 e. The van der Waals surface area contributed by atoms with E-state index in [9.17, 15) is 4.79 Å². The molecule has 0 aliphatic carbocycles. The highest BCUT2D eigenvalue weighted by Gasteiger charge is 2.13. The molecule has 0 fully saturated rings. The first kappa shape index (κ1) is 20.6. The SMILES string of the molecule is CC.CN(C)c1ccc(/C=C(\C#N)C(=O)OCC(O)CO)cc1. The Kier molecular flexibility index (Phi) is 10.1. The highest BCUT2D eigenvalue weighted by molar-refractivity contribution is 5.97. The van der Waals surface area contributed by atoms with Crippen LogP contribution in [-0.4, -0.2) is 49.6 Å². The second-order valence-electron chi connectivity index (χ2n) is 4.59. The molecule has 1 rings (SSSR count). The number of carbonyl (C=O) groups is 1. The summed E-state index contributed by atoms with van der Waals surface area (Å²) in [6.07, 6.45) is 0.265. The molecule has 0 aliphatic rings. The zero-order chi connectivity index (χ0) is 17.8. The van der Waals surface area contributed by atoms with Crippen LogP contribution in [0.3, 0.4) is 0 Å². The molecule has 0 bridgehead atoms. The summed E-state index contributed by atoms with van der Waals surface area (Å²) in [7, 11) is 3.82. The maximum atomic E-state index is 11.7. The Morgan fingerprint density at radius 2 is 1.91 bits per heavy atom. The third kappa shape index (κ3) is 7.45. The van der Waals surface area contributed by atoms with Gasteiger partial charge in [-0.1, -0.05) is 26.0 Å². The Bertz CT molecular complexity index is 545. The van der Waals surface area contributed by atoms with Crippen LogP contribution in [0, 0.1) is 11.3 Å². The van der Waals surface area contributed by atoms with Crippen LogP contribution in [0.2, 0.25) is 0 Å². The van der Waals surface area contributed by atoms with Gasteiger partial charge in [0.25, 0.3) is 0 Å². The molecule has 1 aromatic carbocycles. The number of aliphatic hydroxyl groups is 2. The lowest BCUT2D eigenvalue weighted by molar-refractivity contribution is -0.142. The van der Waals surface area contributed by atoms with Gasteiger partial charge in [0, 0.05) is 19.8 Å². The number of rotatable bonds is 6. The van der Waals surface area contributed by atoms with Crippen LogP contribution in [0.25, 0.3) is 6.08 Å². The van der Waals surface area contributed by atoms with E-state index in [1.807, 2.05) is 45.0 Å². The van der Waals surface area contributed by atoms with Crippen LogP contribution in [0.4, 0.5) is 5.69 Å². The van der Waals surface area contributed by atoms with E-state index in [1.165, 1.54) is 6.08 Å². The average Bonchev–Trinajstić information content (AvgIpc) is 2.59. The molecule has 0 aromatic heterocycles. The quantitative estimate of drug-likeness (QED) is 0.469. The van der Waals surface area contributed by atoms with E-state index in [0.29, 0.717) is 5.56 Å². The van der Waals surface area contributed by atoms with Crippen molar-refractivity contribution in [3.05, 3.63) is 35.4 Å². The fraction of sp³-hybridized carbons (Fsp3) is 0.412. The van der Waals surface area contributed by atoms with Gasteiger partial charge in [-0.2, -0.15) is 5.26 Å². The zero-order valence-electron chi connectivity index (χ0n) is 14.0. The molecule has 1 aromatic rings. The van der Waals surface area contributed by atoms with Gasteiger partial charge in [0.05, 0.1) is 6.61 Å². The monoisotopic (exact) mass is 320 g/mol. The molecule has 0 radical (unpaired) electrons. The predicted molar refractivity (Wildman–Crippen MR) is 89.8 cm³/mol. The van der Waals surface area contributed by atoms with Crippen LogP contribution >= 0.6 is 0 Å². The Morgan fingerprint density at radius 1 is 1.35 bits per heavy atom. The van der Waals surface area contributed by atoms with Gasteiger partial charge in [-0.05, 0) is 23.8 Å². The number of esters is 1. The molecule has 0 amide bonds. The molecular formula is C17H24N2O4. The van der Waals surface area contributed by atoms with Gasteiger partial charge < -0.3 is 19.8 Å². The molecule has 0 saturated heterocycles. The van der Waals surface area contributed by atoms with Crippen molar-refractivity contribution in [3.8, 4) is 6.07 Å². The lowest BCUT2D eigenvalue weighted by Gasteiger charge is -2.12. The molecule has 126 valence electrons. The smallest absolute Gasteiger partial charge is 0.348 e. The van der Waals surface area contributed by atoms with Gasteiger partial charge >= 0.3 is 5.97 Å². The van der Waals surface area contributed by atoms with Crippen molar-refractivity contribution in [2.75, 3.05) is 32.2 Å². The third-order valence-electron chi connectivity index (χ3n) is 2.68. The highest BCUT2D eigenvalue weighted by Crippen LogP contribution is 2.15. The van der Waals surface area contributed by atoms with E-state index < -0.39 is 18.7 Å². The number of ether oxygens (including phenoxy) is 1. The fourth-order valence-corrected chi connectivity index (χ4v) is 1.47. The normalized spacial score (nSPS) is 11.6. The third-order valence-corrected chi connectivity index (χ3v) is 2.68. The summed E-state index contributed by atoms with van der Waals surface area (Å²) in [5, 5.41) is 26.7. The predicted octanol–water partition coefficient (Wildman–Crippen LogP) is 1.58. The maximum Gasteiger partial charge on any atom is 0.348 e. The Labute approximate surface area is 137 Å². The first-order chi connectivity index (χ1) is 11.0. The van der Waals surface area contributed by atoms with Gasteiger partial charge in [0.2, 0.25) is 0 Å². The summed E-state index contributed by atoms with van der Waals surface area (Å²) >= 11 is 0. The van der Waals surface area contributed by atoms with Crippen LogP contribution in [-0.2, 0) is 9.53 Å². The van der Waals surface area contributed by atoms with Gasteiger partial charge in [-0.15, -0.1) is 0 Å². The van der Waals surface area contributed by atoms with Crippen molar-refractivity contribution < 1.29 is 19.7 Å². The second-order valence-corrected chi connectivity index (χ2v) is 4.59. The van der Waals surface area contributed by atoms with Gasteiger partial charge in [0.15, 0.2) is 0 Å². The van der Waals surface area contributed by atoms with Crippen LogP contribution in [0.15, 0.2) is 29.8 Å². The van der Waals surface area contributed by atoms with Crippen LogP contribution < -0.4 is 4.90 Å². The lowest BCUT2D eigenvalue weighted by Crippen LogP contribution is -2.22. The lowest BCUT2D eigenvalue weighted by atomic mass is 10.1. The van der Waals surface area contributed by atoms with Crippen molar-refractivity contribution in [1.29, 1.82) is 5.26 Å². The highest BCUT2D eigenvalue weighted by atomic mass is 16.5. The average molecular weight is 320 g/mol. The molecule has 23 heavy (non-hydrogen) atoms. The Hall–Kier alpha value is -2.36. The standard InChI is InChI=1S/C15H18N2O4.C2H6/c1-17(2)13-5-3-11(4-6-13)7-12(8-16)15(20)21-10-14(19)9-18;1-2/h3-7,14,18-19H,9-10H2,1-2H3;1-2H3/b12-7+;. The first-order valence-corrected chi connectivity index (χ1v) is 7.33. The summed E-state index contributed by atoms with van der Waals surface area (Å²) in [5.74, 6) is -0.832. The minimum atomic E-state index is -1.15. The van der Waals surface area contributed by atoms with Crippen molar-refractivity contribution >= 4 is 17.7 Å². The molecular weight excluding hydrogens is 296 g/mol. The van der Waals surface area contributed by atoms with E-state index in [4.69, 9.17) is 20.2 Å². The second kappa shape index (κ2) is 11.2. The molecule has 6 nitrogen and oxygen atoms in total. The number of hydrogen-bond acceptors (Lipinski definition) is 6. The molecule has 0 saturated carbocycles. The zero-order valence-corrected chi connectivity index (χ0v) is 14.0. The number of hydrogen-bond donors (Lipinski definition) is 2. The van der Waals surface area contributed by atoms with Crippen molar-refractivity contribution in [2.24, 2.45) is 0 Å². The van der Waals surface area contributed by atoms with Gasteiger partial charge in [0.1, 0.15) is 24.4 Å². The van der Waals surface area contributed by atoms with E-state index in [-0.39, 0.29) is 12.2 Å². The number of anilines is 1. The van der Waals surface area contributed by atoms with E-state index in [2.05, 4.69) is 0 Å². The Morgan fingerprint density at radius 3 is 2.35 bits per heavy atom. The minimum absolute atomic E-state index is 0.169. The van der Waals surface area contributed by atoms with Crippen molar-refractivity contribution in [3.63, 3.8) is 0 Å². The van der Waals surface area contributed by atoms with E-state index in [1.54, 1.807) is 18.2 Å². The maximum absolute atomic E-state index is 11.7. The number of carbonyl (C=O) groups excluding carboxylic acids is 1. The molecule has 0 aliphatic heterocycles. The van der Waals surface area contributed by atoms with Crippen molar-refractivity contribution in [2.45, 2.75) is 20.0 Å². The van der Waals surface area contributed by atoms with Crippen LogP contribution in [0.1, 0.15) is 19.4 Å². The minimum Gasteiger partial charge on any atom is -0.459 e. The summed E-state index contributed by atoms with van der Waals surface area (Å²) in [4.78, 5) is 13.6. The van der Waals surface area contributed by atoms with Gasteiger partial charge in [-0.25, -0.2) is 4.79 Å².